The van der Waals surface area contributed by atoms with Crippen molar-refractivity contribution in [1.82, 2.24) is 9.88 Å². The normalized spacial score (nSPS) is 29.8. The van der Waals surface area contributed by atoms with Crippen LogP contribution < -0.4 is 0 Å². The number of aliphatic hydroxyl groups is 1. The Bertz CT molecular complexity index is 958. The second-order valence-corrected chi connectivity index (χ2v) is 12.4. The third-order valence-corrected chi connectivity index (χ3v) is 10.5. The maximum Gasteiger partial charge on any atom is 0.225 e. The maximum absolute atomic E-state index is 13.1. The predicted octanol–water partition coefficient (Wildman–Crippen LogP) is 5.99. The molecule has 1 fully saturated rings. The van der Waals surface area contributed by atoms with Gasteiger partial charge >= 0.3 is 0 Å². The van der Waals surface area contributed by atoms with Gasteiger partial charge in [-0.15, -0.1) is 23.1 Å². The number of carbonyl (C=O) groups is 1. The second kappa shape index (κ2) is 10.1. The summed E-state index contributed by atoms with van der Waals surface area (Å²) < 4.78 is 0. The van der Waals surface area contributed by atoms with Crippen molar-refractivity contribution in [2.24, 2.45) is 23.2 Å². The standard InChI is InChI=1S/C27H38N2O2S2/c1-6-29(7-2)26(31)17(3)20-13-14-27(5)15-21-24(18(4)23(27)25(20)30)28-22(33-21)16-32-19-11-9-8-10-12-19/h8-12,17-18,20,23,25,30H,6-7,13-16H2,1-5H3/t17-,18-,20?,23+,25-,27-/m0/s1. The van der Waals surface area contributed by atoms with Crippen molar-refractivity contribution >= 4 is 29.0 Å². The Morgan fingerprint density at radius 1 is 1.30 bits per heavy atom. The molecule has 6 atom stereocenters. The topological polar surface area (TPSA) is 53.4 Å². The molecule has 1 N–H and O–H groups in total. The largest absolute Gasteiger partial charge is 0.392 e. The van der Waals surface area contributed by atoms with Crippen molar-refractivity contribution in [2.75, 3.05) is 13.1 Å². The molecule has 6 heteroatoms. The quantitative estimate of drug-likeness (QED) is 0.488. The number of thiazole rings is 1. The van der Waals surface area contributed by atoms with Crippen molar-refractivity contribution < 1.29 is 9.90 Å². The smallest absolute Gasteiger partial charge is 0.225 e. The molecule has 2 aliphatic rings. The number of hydrogen-bond acceptors (Lipinski definition) is 5. The number of hydrogen-bond donors (Lipinski definition) is 1. The van der Waals surface area contributed by atoms with E-state index in [0.29, 0.717) is 0 Å². The van der Waals surface area contributed by atoms with Gasteiger partial charge in [-0.25, -0.2) is 4.98 Å². The summed E-state index contributed by atoms with van der Waals surface area (Å²) in [7, 11) is 0. The molecule has 2 aromatic rings. The van der Waals surface area contributed by atoms with Gasteiger partial charge in [-0.2, -0.15) is 0 Å². The van der Waals surface area contributed by atoms with Crippen LogP contribution in [0.3, 0.4) is 0 Å². The Hall–Kier alpha value is -1.37. The Balaban J connectivity index is 1.52. The number of aliphatic hydroxyl groups excluding tert-OH is 1. The number of nitrogens with zero attached hydrogens (tertiary/aromatic N) is 2. The Morgan fingerprint density at radius 3 is 2.67 bits per heavy atom. The molecule has 0 radical (unpaired) electrons. The highest BCUT2D eigenvalue weighted by Gasteiger charge is 2.54. The summed E-state index contributed by atoms with van der Waals surface area (Å²) in [5.74, 6) is 1.30. The van der Waals surface area contributed by atoms with E-state index >= 15 is 0 Å². The number of amides is 1. The van der Waals surface area contributed by atoms with Crippen LogP contribution in [0.25, 0.3) is 0 Å². The summed E-state index contributed by atoms with van der Waals surface area (Å²) in [5.41, 5.74) is 1.25. The Labute approximate surface area is 207 Å². The number of fused-ring (bicyclic) bond motifs is 2. The lowest BCUT2D eigenvalue weighted by atomic mass is 9.53. The minimum absolute atomic E-state index is 0.0203. The van der Waals surface area contributed by atoms with Gasteiger partial charge in [0, 0.05) is 34.7 Å². The van der Waals surface area contributed by atoms with Gasteiger partial charge in [-0.1, -0.05) is 39.0 Å². The van der Waals surface area contributed by atoms with Gasteiger partial charge in [-0.3, -0.25) is 4.79 Å². The molecular formula is C27H38N2O2S2. The second-order valence-electron chi connectivity index (χ2n) is 10.2. The molecule has 1 saturated carbocycles. The van der Waals surface area contributed by atoms with Crippen LogP contribution in [0, 0.1) is 23.2 Å². The molecule has 1 aromatic heterocycles. The van der Waals surface area contributed by atoms with Crippen molar-refractivity contribution in [3.63, 3.8) is 0 Å². The number of rotatable bonds is 7. The zero-order valence-corrected chi connectivity index (χ0v) is 22.2. The van der Waals surface area contributed by atoms with Gasteiger partial charge in [0.25, 0.3) is 0 Å². The van der Waals surface area contributed by atoms with E-state index in [1.807, 2.05) is 54.8 Å². The van der Waals surface area contributed by atoms with Crippen LogP contribution in [-0.2, 0) is 17.0 Å². The highest BCUT2D eigenvalue weighted by Crippen LogP contribution is 2.57. The molecule has 1 amide bonds. The molecule has 180 valence electrons. The van der Waals surface area contributed by atoms with Gasteiger partial charge in [0.05, 0.1) is 17.6 Å². The summed E-state index contributed by atoms with van der Waals surface area (Å²) in [6.07, 6.45) is 2.50. The molecule has 2 aliphatic carbocycles. The highest BCUT2D eigenvalue weighted by atomic mass is 32.2. The maximum atomic E-state index is 13.1. The highest BCUT2D eigenvalue weighted by molar-refractivity contribution is 7.98. The molecule has 4 nitrogen and oxygen atoms in total. The van der Waals surface area contributed by atoms with Crippen LogP contribution >= 0.6 is 23.1 Å². The van der Waals surface area contributed by atoms with Gasteiger partial charge in [0.1, 0.15) is 5.01 Å². The molecular weight excluding hydrogens is 448 g/mol. The van der Waals surface area contributed by atoms with Crippen molar-refractivity contribution in [2.45, 2.75) is 76.6 Å². The first-order valence-electron chi connectivity index (χ1n) is 12.4. The van der Waals surface area contributed by atoms with E-state index in [-0.39, 0.29) is 35.0 Å². The van der Waals surface area contributed by atoms with Crippen LogP contribution in [0.2, 0.25) is 0 Å². The Morgan fingerprint density at radius 2 is 2.00 bits per heavy atom. The lowest BCUT2D eigenvalue weighted by Gasteiger charge is -2.53. The lowest BCUT2D eigenvalue weighted by molar-refractivity contribution is -0.144. The van der Waals surface area contributed by atoms with Crippen LogP contribution in [-0.4, -0.2) is 40.1 Å². The van der Waals surface area contributed by atoms with Crippen molar-refractivity contribution in [1.29, 1.82) is 0 Å². The average molecular weight is 487 g/mol. The monoisotopic (exact) mass is 486 g/mol. The van der Waals surface area contributed by atoms with Gasteiger partial charge in [-0.05, 0) is 62.5 Å². The van der Waals surface area contributed by atoms with E-state index in [4.69, 9.17) is 4.98 Å². The van der Waals surface area contributed by atoms with E-state index in [0.717, 1.165) is 38.1 Å². The Kier molecular flexibility index (Phi) is 7.56. The fourth-order valence-electron chi connectivity index (χ4n) is 6.33. The average Bonchev–Trinajstić information content (AvgIpc) is 3.21. The predicted molar refractivity (Wildman–Crippen MR) is 138 cm³/mol. The zero-order valence-electron chi connectivity index (χ0n) is 20.6. The minimum Gasteiger partial charge on any atom is -0.392 e. The van der Waals surface area contributed by atoms with Gasteiger partial charge < -0.3 is 10.0 Å². The summed E-state index contributed by atoms with van der Waals surface area (Å²) in [5, 5.41) is 12.8. The first kappa shape index (κ1) is 24.7. The summed E-state index contributed by atoms with van der Waals surface area (Å²) in [4.78, 5) is 22.7. The molecule has 0 spiro atoms. The van der Waals surface area contributed by atoms with Crippen molar-refractivity contribution in [3.8, 4) is 0 Å². The van der Waals surface area contributed by atoms with Gasteiger partial charge in [0.15, 0.2) is 0 Å². The fraction of sp³-hybridized carbons (Fsp3) is 0.630. The molecule has 1 heterocycles. The number of benzene rings is 1. The summed E-state index contributed by atoms with van der Waals surface area (Å²) >= 11 is 3.70. The molecule has 1 aromatic carbocycles. The van der Waals surface area contributed by atoms with E-state index in [1.54, 1.807) is 0 Å². The first-order valence-corrected chi connectivity index (χ1v) is 14.2. The molecule has 1 unspecified atom stereocenters. The molecule has 0 bridgehead atoms. The van der Waals surface area contributed by atoms with Crippen molar-refractivity contribution in [3.05, 3.63) is 45.9 Å². The first-order chi connectivity index (χ1) is 15.8. The molecule has 4 rings (SSSR count). The van der Waals surface area contributed by atoms with Crippen LogP contribution in [0.15, 0.2) is 35.2 Å². The number of aromatic nitrogens is 1. The third-order valence-electron chi connectivity index (χ3n) is 8.18. The molecule has 0 aliphatic heterocycles. The third kappa shape index (κ3) is 4.76. The van der Waals surface area contributed by atoms with E-state index in [1.165, 1.54) is 20.5 Å². The lowest BCUT2D eigenvalue weighted by Crippen LogP contribution is -2.53. The SMILES string of the molecule is CCN(CC)C(=O)[C@@H](C)C1CC[C@@]2(C)Cc3sc(CSc4ccccc4)nc3[C@@H](C)[C@@H]2[C@H]1O. The zero-order chi connectivity index (χ0) is 23.8. The van der Waals surface area contributed by atoms with E-state index in [9.17, 15) is 9.90 Å². The van der Waals surface area contributed by atoms with E-state index < -0.39 is 6.10 Å². The minimum atomic E-state index is -0.467. The number of carbonyl (C=O) groups excluding carboxylic acids is 1. The summed E-state index contributed by atoms with van der Waals surface area (Å²) in [6, 6.07) is 10.5. The molecule has 0 saturated heterocycles. The summed E-state index contributed by atoms with van der Waals surface area (Å²) in [6.45, 7) is 12.1. The fourth-order valence-corrected chi connectivity index (χ4v) is 8.61. The molecule has 33 heavy (non-hydrogen) atoms. The number of thioether (sulfide) groups is 1. The van der Waals surface area contributed by atoms with Crippen LogP contribution in [0.5, 0.6) is 0 Å². The van der Waals surface area contributed by atoms with Crippen LogP contribution in [0.4, 0.5) is 0 Å². The van der Waals surface area contributed by atoms with Gasteiger partial charge in [0.2, 0.25) is 5.91 Å². The van der Waals surface area contributed by atoms with Crippen LogP contribution in [0.1, 0.15) is 69.0 Å². The van der Waals surface area contributed by atoms with E-state index in [2.05, 4.69) is 38.1 Å².